The van der Waals surface area contributed by atoms with Gasteiger partial charge in [0.1, 0.15) is 0 Å². The van der Waals surface area contributed by atoms with E-state index in [0.29, 0.717) is 12.1 Å². The van der Waals surface area contributed by atoms with Crippen LogP contribution >= 0.6 is 0 Å². The summed E-state index contributed by atoms with van der Waals surface area (Å²) in [6.07, 6.45) is -12.5. The molecule has 1 unspecified atom stereocenters. The lowest BCUT2D eigenvalue weighted by Gasteiger charge is -2.20. The van der Waals surface area contributed by atoms with E-state index in [-0.39, 0.29) is 32.0 Å². The first kappa shape index (κ1) is 23.2. The van der Waals surface area contributed by atoms with Gasteiger partial charge < -0.3 is 26.2 Å². The summed E-state index contributed by atoms with van der Waals surface area (Å²) in [5.41, 5.74) is -3.49. The average Bonchev–Trinajstić information content (AvgIpc) is 2.53. The SMILES string of the molecule is O=C(O)NCCCC(CNc1cc(C(F)(F)F)cc(C(F)(F)F)c1)NC(=O)O. The Morgan fingerprint density at radius 3 is 1.89 bits per heavy atom. The molecule has 1 rings (SSSR count). The van der Waals surface area contributed by atoms with Gasteiger partial charge in [-0.1, -0.05) is 0 Å². The smallest absolute Gasteiger partial charge is 0.416 e. The highest BCUT2D eigenvalue weighted by molar-refractivity contribution is 5.65. The van der Waals surface area contributed by atoms with E-state index in [1.165, 1.54) is 0 Å². The molecule has 1 aromatic carbocycles. The van der Waals surface area contributed by atoms with Crippen LogP contribution in [0.15, 0.2) is 18.2 Å². The quantitative estimate of drug-likeness (QED) is 0.326. The first-order chi connectivity index (χ1) is 12.8. The van der Waals surface area contributed by atoms with Crippen molar-refractivity contribution in [1.29, 1.82) is 0 Å². The lowest BCUT2D eigenvalue weighted by atomic mass is 10.1. The molecule has 0 aromatic heterocycles. The highest BCUT2D eigenvalue weighted by Crippen LogP contribution is 2.37. The van der Waals surface area contributed by atoms with Crippen molar-refractivity contribution >= 4 is 17.9 Å². The molecule has 0 fully saturated rings. The van der Waals surface area contributed by atoms with E-state index < -0.39 is 47.4 Å². The standard InChI is InChI=1S/C15H17F6N3O4/c16-14(17,18)8-4-9(15(19,20)21)6-11(5-8)23-7-10(24-13(27)28)2-1-3-22-12(25)26/h4-6,10,22-24H,1-3,7H2,(H,25,26)(H,27,28). The molecule has 0 saturated carbocycles. The van der Waals surface area contributed by atoms with Crippen LogP contribution in [-0.2, 0) is 12.4 Å². The van der Waals surface area contributed by atoms with Crippen molar-refractivity contribution in [2.24, 2.45) is 0 Å². The van der Waals surface area contributed by atoms with Gasteiger partial charge in [-0.2, -0.15) is 26.3 Å². The highest BCUT2D eigenvalue weighted by Gasteiger charge is 2.37. The van der Waals surface area contributed by atoms with Crippen LogP contribution in [0.1, 0.15) is 24.0 Å². The molecule has 1 atom stereocenters. The molecular formula is C15H17F6N3O4. The van der Waals surface area contributed by atoms with E-state index in [9.17, 15) is 35.9 Å². The molecule has 0 aliphatic carbocycles. The van der Waals surface area contributed by atoms with Gasteiger partial charge in [0, 0.05) is 24.8 Å². The zero-order valence-corrected chi connectivity index (χ0v) is 14.1. The van der Waals surface area contributed by atoms with Gasteiger partial charge in [-0.3, -0.25) is 0 Å². The van der Waals surface area contributed by atoms with Gasteiger partial charge in [0.05, 0.1) is 11.1 Å². The summed E-state index contributed by atoms with van der Waals surface area (Å²) >= 11 is 0. The monoisotopic (exact) mass is 417 g/mol. The van der Waals surface area contributed by atoms with Crippen molar-refractivity contribution in [3.05, 3.63) is 29.3 Å². The average molecular weight is 417 g/mol. The normalized spacial score (nSPS) is 12.9. The third-order valence-electron chi connectivity index (χ3n) is 3.47. The Hall–Kier alpha value is -2.86. The van der Waals surface area contributed by atoms with E-state index in [0.717, 1.165) is 0 Å². The fourth-order valence-corrected chi connectivity index (χ4v) is 2.24. The number of nitrogens with one attached hydrogen (secondary N) is 3. The highest BCUT2D eigenvalue weighted by atomic mass is 19.4. The minimum atomic E-state index is -5.00. The minimum Gasteiger partial charge on any atom is -0.465 e. The molecule has 1 aromatic rings. The molecular weight excluding hydrogens is 400 g/mol. The molecule has 0 aliphatic heterocycles. The Morgan fingerprint density at radius 1 is 0.929 bits per heavy atom. The predicted molar refractivity (Wildman–Crippen MR) is 85.1 cm³/mol. The Balaban J connectivity index is 2.90. The van der Waals surface area contributed by atoms with Crippen LogP contribution in [-0.4, -0.2) is 41.5 Å². The number of alkyl halides is 6. The number of benzene rings is 1. The van der Waals surface area contributed by atoms with Crippen LogP contribution in [0.4, 0.5) is 41.6 Å². The lowest BCUT2D eigenvalue weighted by molar-refractivity contribution is -0.143. The van der Waals surface area contributed by atoms with Crippen molar-refractivity contribution in [2.75, 3.05) is 18.4 Å². The molecule has 7 nitrogen and oxygen atoms in total. The number of anilines is 1. The van der Waals surface area contributed by atoms with Gasteiger partial charge in [-0.15, -0.1) is 0 Å². The second-order valence-corrected chi connectivity index (χ2v) is 5.70. The van der Waals surface area contributed by atoms with Gasteiger partial charge in [0.15, 0.2) is 0 Å². The van der Waals surface area contributed by atoms with Crippen LogP contribution in [0.25, 0.3) is 0 Å². The largest absolute Gasteiger partial charge is 0.465 e. The number of rotatable bonds is 8. The van der Waals surface area contributed by atoms with Crippen LogP contribution < -0.4 is 16.0 Å². The Kier molecular flexibility index (Phi) is 7.76. The van der Waals surface area contributed by atoms with Gasteiger partial charge >= 0.3 is 24.5 Å². The summed E-state index contributed by atoms with van der Waals surface area (Å²) in [5, 5.41) is 23.7. The summed E-state index contributed by atoms with van der Waals surface area (Å²) in [6, 6.07) is 0.0744. The fraction of sp³-hybridized carbons (Fsp3) is 0.467. The maximum Gasteiger partial charge on any atom is 0.416 e. The molecule has 13 heteroatoms. The van der Waals surface area contributed by atoms with Crippen LogP contribution in [0.3, 0.4) is 0 Å². The topological polar surface area (TPSA) is 111 Å². The van der Waals surface area contributed by atoms with E-state index in [1.54, 1.807) is 0 Å². The van der Waals surface area contributed by atoms with E-state index in [2.05, 4.69) is 10.6 Å². The summed E-state index contributed by atoms with van der Waals surface area (Å²) < 4.78 is 77.0. The first-order valence-corrected chi connectivity index (χ1v) is 7.78. The fourth-order valence-electron chi connectivity index (χ4n) is 2.24. The molecule has 0 heterocycles. The number of halogens is 6. The molecule has 158 valence electrons. The van der Waals surface area contributed by atoms with E-state index >= 15 is 0 Å². The van der Waals surface area contributed by atoms with E-state index in [1.807, 2.05) is 5.32 Å². The van der Waals surface area contributed by atoms with Crippen molar-refractivity contribution in [1.82, 2.24) is 10.6 Å². The van der Waals surface area contributed by atoms with Crippen LogP contribution in [0.2, 0.25) is 0 Å². The third kappa shape index (κ3) is 8.22. The number of carboxylic acid groups (broad SMARTS) is 2. The molecule has 2 amide bonds. The Morgan fingerprint density at radius 2 is 1.46 bits per heavy atom. The van der Waals surface area contributed by atoms with Crippen molar-refractivity contribution in [3.8, 4) is 0 Å². The predicted octanol–water partition coefficient (Wildman–Crippen LogP) is 3.82. The van der Waals surface area contributed by atoms with Gasteiger partial charge in [-0.05, 0) is 31.0 Å². The van der Waals surface area contributed by atoms with E-state index in [4.69, 9.17) is 10.2 Å². The van der Waals surface area contributed by atoms with Crippen LogP contribution in [0.5, 0.6) is 0 Å². The Bertz CT molecular complexity index is 661. The first-order valence-electron chi connectivity index (χ1n) is 7.78. The molecule has 0 radical (unpaired) electrons. The zero-order valence-electron chi connectivity index (χ0n) is 14.1. The maximum atomic E-state index is 12.8. The summed E-state index contributed by atoms with van der Waals surface area (Å²) in [5.74, 6) is 0. The second kappa shape index (κ2) is 9.37. The van der Waals surface area contributed by atoms with Crippen LogP contribution in [0, 0.1) is 0 Å². The molecule has 28 heavy (non-hydrogen) atoms. The number of amides is 2. The molecule has 0 saturated heterocycles. The van der Waals surface area contributed by atoms with Crippen molar-refractivity contribution in [3.63, 3.8) is 0 Å². The third-order valence-corrected chi connectivity index (χ3v) is 3.47. The maximum absolute atomic E-state index is 12.8. The molecule has 0 aliphatic rings. The summed E-state index contributed by atoms with van der Waals surface area (Å²) in [6.45, 7) is -0.313. The Labute approximate surface area is 154 Å². The minimum absolute atomic E-state index is 0.00505. The molecule has 0 spiro atoms. The summed E-state index contributed by atoms with van der Waals surface area (Å²) in [7, 11) is 0. The number of hydrogen-bond acceptors (Lipinski definition) is 3. The van der Waals surface area contributed by atoms with Gasteiger partial charge in [0.2, 0.25) is 0 Å². The second-order valence-electron chi connectivity index (χ2n) is 5.70. The number of carbonyl (C=O) groups is 2. The lowest BCUT2D eigenvalue weighted by Crippen LogP contribution is -2.39. The number of hydrogen-bond donors (Lipinski definition) is 5. The van der Waals surface area contributed by atoms with Gasteiger partial charge in [0.25, 0.3) is 0 Å². The zero-order chi connectivity index (χ0) is 21.5. The van der Waals surface area contributed by atoms with Crippen molar-refractivity contribution in [2.45, 2.75) is 31.2 Å². The van der Waals surface area contributed by atoms with Crippen molar-refractivity contribution < 1.29 is 46.1 Å². The summed E-state index contributed by atoms with van der Waals surface area (Å²) in [4.78, 5) is 21.1. The molecule has 0 bridgehead atoms. The van der Waals surface area contributed by atoms with Gasteiger partial charge in [-0.25, -0.2) is 9.59 Å². The molecule has 5 N–H and O–H groups in total.